The van der Waals surface area contributed by atoms with Gasteiger partial charge in [-0.25, -0.2) is 4.98 Å². The van der Waals surface area contributed by atoms with Crippen LogP contribution in [0.4, 0.5) is 10.9 Å². The molecule has 1 heterocycles. The highest BCUT2D eigenvalue weighted by Crippen LogP contribution is 2.30. The predicted octanol–water partition coefficient (Wildman–Crippen LogP) is -0.485. The second-order valence-electron chi connectivity index (χ2n) is 3.80. The Balaban J connectivity index is 2.00. The van der Waals surface area contributed by atoms with Crippen molar-refractivity contribution < 1.29 is 9.59 Å². The molecule has 17 heavy (non-hydrogen) atoms. The molecule has 0 radical (unpaired) electrons. The van der Waals surface area contributed by atoms with E-state index in [4.69, 9.17) is 11.5 Å². The number of nitrogens with one attached hydrogen (secondary N) is 2. The highest BCUT2D eigenvalue weighted by Gasteiger charge is 2.24. The molecule has 1 aliphatic rings. The maximum absolute atomic E-state index is 11.6. The maximum Gasteiger partial charge on any atom is 0.265 e. The van der Waals surface area contributed by atoms with Gasteiger partial charge in [0.05, 0.1) is 6.54 Å². The van der Waals surface area contributed by atoms with E-state index in [2.05, 4.69) is 15.6 Å². The first-order valence-corrected chi connectivity index (χ1v) is 5.97. The number of carbonyl (C=O) groups is 2. The van der Waals surface area contributed by atoms with Crippen LogP contribution in [-0.2, 0) is 4.79 Å². The molecule has 0 aliphatic heterocycles. The fourth-order valence-electron chi connectivity index (χ4n) is 1.21. The molecule has 1 aromatic rings. The highest BCUT2D eigenvalue weighted by molar-refractivity contribution is 7.18. The van der Waals surface area contributed by atoms with Crippen LogP contribution < -0.4 is 22.1 Å². The smallest absolute Gasteiger partial charge is 0.265 e. The Labute approximate surface area is 102 Å². The molecule has 0 bridgehead atoms. The molecule has 0 unspecified atom stereocenters. The molecule has 8 heteroatoms. The summed E-state index contributed by atoms with van der Waals surface area (Å²) in [6.45, 7) is -0.207. The van der Waals surface area contributed by atoms with Gasteiger partial charge in [0, 0.05) is 6.04 Å². The Morgan fingerprint density at radius 2 is 2.18 bits per heavy atom. The van der Waals surface area contributed by atoms with Crippen LogP contribution in [0.25, 0.3) is 0 Å². The average Bonchev–Trinajstić information content (AvgIpc) is 2.98. The van der Waals surface area contributed by atoms with Gasteiger partial charge in [-0.1, -0.05) is 11.3 Å². The number of anilines is 2. The number of nitrogens with two attached hydrogens (primary N) is 2. The molecular weight excluding hydrogens is 242 g/mol. The Morgan fingerprint density at radius 1 is 1.47 bits per heavy atom. The van der Waals surface area contributed by atoms with Crippen LogP contribution in [-0.4, -0.2) is 29.4 Å². The summed E-state index contributed by atoms with van der Waals surface area (Å²) < 4.78 is 0. The molecule has 0 saturated heterocycles. The van der Waals surface area contributed by atoms with E-state index < -0.39 is 11.8 Å². The molecule has 1 aliphatic carbocycles. The van der Waals surface area contributed by atoms with E-state index in [1.54, 1.807) is 0 Å². The first-order valence-electron chi connectivity index (χ1n) is 5.15. The molecular formula is C9H13N5O2S. The third-order valence-electron chi connectivity index (χ3n) is 2.19. The van der Waals surface area contributed by atoms with Crippen molar-refractivity contribution in [3.05, 3.63) is 4.88 Å². The lowest BCUT2D eigenvalue weighted by Crippen LogP contribution is -2.33. The summed E-state index contributed by atoms with van der Waals surface area (Å²) >= 11 is 1.18. The van der Waals surface area contributed by atoms with Crippen molar-refractivity contribution >= 4 is 34.1 Å². The van der Waals surface area contributed by atoms with Crippen LogP contribution in [0, 0.1) is 0 Å². The normalized spacial score (nSPS) is 14.4. The predicted molar refractivity (Wildman–Crippen MR) is 64.7 cm³/mol. The monoisotopic (exact) mass is 255 g/mol. The topological polar surface area (TPSA) is 123 Å². The van der Waals surface area contributed by atoms with Crippen LogP contribution in [0.1, 0.15) is 22.5 Å². The zero-order chi connectivity index (χ0) is 12.4. The van der Waals surface area contributed by atoms with Crippen molar-refractivity contribution in [1.29, 1.82) is 0 Å². The second-order valence-corrected chi connectivity index (χ2v) is 4.80. The lowest BCUT2D eigenvalue weighted by Gasteiger charge is -1.99. The van der Waals surface area contributed by atoms with Gasteiger partial charge in [-0.2, -0.15) is 0 Å². The molecule has 0 atom stereocenters. The van der Waals surface area contributed by atoms with E-state index in [0.29, 0.717) is 16.1 Å². The average molecular weight is 255 g/mol. The van der Waals surface area contributed by atoms with Gasteiger partial charge in [-0.15, -0.1) is 0 Å². The maximum atomic E-state index is 11.6. The minimum atomic E-state index is -0.599. The number of carbonyl (C=O) groups excluding carboxylic acids is 2. The fraction of sp³-hybridized carbons (Fsp3) is 0.444. The summed E-state index contributed by atoms with van der Waals surface area (Å²) in [5, 5.41) is 6.16. The fourth-order valence-corrected chi connectivity index (χ4v) is 2.08. The highest BCUT2D eigenvalue weighted by atomic mass is 32.1. The quantitative estimate of drug-likeness (QED) is 0.565. The first-order chi connectivity index (χ1) is 8.06. The minimum Gasteiger partial charge on any atom is -0.382 e. The molecule has 2 amide bonds. The number of thiazole rings is 1. The molecule has 1 fully saturated rings. The van der Waals surface area contributed by atoms with Crippen molar-refractivity contribution in [2.75, 3.05) is 17.6 Å². The molecule has 92 valence electrons. The van der Waals surface area contributed by atoms with Gasteiger partial charge in [0.25, 0.3) is 5.91 Å². The summed E-state index contributed by atoms with van der Waals surface area (Å²) in [4.78, 5) is 26.5. The van der Waals surface area contributed by atoms with Crippen LogP contribution in [0.2, 0.25) is 0 Å². The van der Waals surface area contributed by atoms with Gasteiger partial charge in [0.1, 0.15) is 10.7 Å². The van der Waals surface area contributed by atoms with Gasteiger partial charge in [-0.3, -0.25) is 9.59 Å². The zero-order valence-electron chi connectivity index (χ0n) is 9.03. The lowest BCUT2D eigenvalue weighted by atomic mass is 10.4. The SMILES string of the molecule is NC(=O)CNC(=O)c1sc(NC2CC2)nc1N. The van der Waals surface area contributed by atoms with Gasteiger partial charge in [0.2, 0.25) is 5.91 Å². The number of rotatable bonds is 5. The summed E-state index contributed by atoms with van der Waals surface area (Å²) in [5.41, 5.74) is 10.6. The molecule has 0 aromatic carbocycles. The van der Waals surface area contributed by atoms with Gasteiger partial charge in [0.15, 0.2) is 5.13 Å². The minimum absolute atomic E-state index is 0.167. The number of amides is 2. The summed E-state index contributed by atoms with van der Waals surface area (Å²) in [5.74, 6) is -0.861. The van der Waals surface area contributed by atoms with Crippen molar-refractivity contribution in [2.24, 2.45) is 5.73 Å². The molecule has 6 N–H and O–H groups in total. The van der Waals surface area contributed by atoms with Crippen LogP contribution in [0.15, 0.2) is 0 Å². The Morgan fingerprint density at radius 3 is 2.76 bits per heavy atom. The molecule has 2 rings (SSSR count). The molecule has 7 nitrogen and oxygen atoms in total. The lowest BCUT2D eigenvalue weighted by molar-refractivity contribution is -0.117. The van der Waals surface area contributed by atoms with E-state index in [-0.39, 0.29) is 12.4 Å². The number of hydrogen-bond donors (Lipinski definition) is 4. The first kappa shape index (κ1) is 11.6. The van der Waals surface area contributed by atoms with Gasteiger partial charge < -0.3 is 22.1 Å². The number of aromatic nitrogens is 1. The summed E-state index contributed by atoms with van der Waals surface area (Å²) in [6.07, 6.45) is 2.23. The Kier molecular flexibility index (Phi) is 3.14. The van der Waals surface area contributed by atoms with Crippen LogP contribution in [0.3, 0.4) is 0 Å². The van der Waals surface area contributed by atoms with E-state index in [1.807, 2.05) is 0 Å². The Bertz CT molecular complexity index is 454. The van der Waals surface area contributed by atoms with E-state index in [0.717, 1.165) is 12.8 Å². The van der Waals surface area contributed by atoms with Crippen molar-refractivity contribution in [2.45, 2.75) is 18.9 Å². The number of nitrogens with zero attached hydrogens (tertiary/aromatic N) is 1. The second kappa shape index (κ2) is 4.58. The summed E-state index contributed by atoms with van der Waals surface area (Å²) in [7, 11) is 0. The zero-order valence-corrected chi connectivity index (χ0v) is 9.84. The molecule has 0 spiro atoms. The number of primary amides is 1. The molecule has 1 saturated carbocycles. The largest absolute Gasteiger partial charge is 0.382 e. The number of hydrogen-bond acceptors (Lipinski definition) is 6. The van der Waals surface area contributed by atoms with Crippen molar-refractivity contribution in [3.8, 4) is 0 Å². The third-order valence-corrected chi connectivity index (χ3v) is 3.19. The van der Waals surface area contributed by atoms with Crippen LogP contribution in [0.5, 0.6) is 0 Å². The van der Waals surface area contributed by atoms with E-state index in [1.165, 1.54) is 11.3 Å². The van der Waals surface area contributed by atoms with E-state index >= 15 is 0 Å². The standard InChI is InChI=1S/C9H13N5O2S/c10-5(15)3-12-8(16)6-7(11)14-9(17-6)13-4-1-2-4/h4H,1-3,11H2,(H2,10,15)(H,12,16)(H,13,14). The van der Waals surface area contributed by atoms with Crippen molar-refractivity contribution in [3.63, 3.8) is 0 Å². The van der Waals surface area contributed by atoms with Gasteiger partial charge >= 0.3 is 0 Å². The van der Waals surface area contributed by atoms with E-state index in [9.17, 15) is 9.59 Å². The van der Waals surface area contributed by atoms with Crippen molar-refractivity contribution in [1.82, 2.24) is 10.3 Å². The Hall–Kier alpha value is -1.83. The van der Waals surface area contributed by atoms with Crippen LogP contribution >= 0.6 is 11.3 Å². The number of nitrogen functional groups attached to an aromatic ring is 1. The summed E-state index contributed by atoms with van der Waals surface area (Å²) in [6, 6.07) is 0.446. The van der Waals surface area contributed by atoms with Gasteiger partial charge in [-0.05, 0) is 12.8 Å². The molecule has 1 aromatic heterocycles. The third kappa shape index (κ3) is 3.06.